The van der Waals surface area contributed by atoms with Gasteiger partial charge in [0, 0.05) is 31.3 Å². The van der Waals surface area contributed by atoms with Gasteiger partial charge in [0.1, 0.15) is 11.6 Å². The normalized spacial score (nSPS) is 25.3. The van der Waals surface area contributed by atoms with E-state index >= 15 is 0 Å². The quantitative estimate of drug-likeness (QED) is 0.707. The first-order chi connectivity index (χ1) is 12.4. The molecule has 1 unspecified atom stereocenters. The van der Waals surface area contributed by atoms with Crippen LogP contribution in [0.3, 0.4) is 0 Å². The molecule has 0 aromatic carbocycles. The van der Waals surface area contributed by atoms with Gasteiger partial charge in [0.2, 0.25) is 11.8 Å². The summed E-state index contributed by atoms with van der Waals surface area (Å²) < 4.78 is 53.8. The minimum atomic E-state index is -3.21. The molecule has 1 atom stereocenters. The fraction of sp³-hybridized carbons (Fsp3) is 0.824. The Hall–Kier alpha value is -2.05. The van der Waals surface area contributed by atoms with Crippen LogP contribution >= 0.6 is 0 Å². The SMILES string of the molecule is CC(F)(F)CC(NC(=O)N1CCC2(CC1)CC2(F)F)C(=O)NC1(C#N)CC1. The topological polar surface area (TPSA) is 85.2 Å². The molecule has 1 heterocycles. The van der Waals surface area contributed by atoms with Crippen molar-refractivity contribution < 1.29 is 27.2 Å². The van der Waals surface area contributed by atoms with Gasteiger partial charge in [0.05, 0.1) is 6.07 Å². The van der Waals surface area contributed by atoms with Crippen LogP contribution in [0.5, 0.6) is 0 Å². The highest BCUT2D eigenvalue weighted by Crippen LogP contribution is 2.65. The van der Waals surface area contributed by atoms with E-state index in [1.54, 1.807) is 0 Å². The molecule has 1 spiro atoms. The molecular weight excluding hydrogens is 368 g/mol. The van der Waals surface area contributed by atoms with Crippen molar-refractivity contribution in [3.05, 3.63) is 0 Å². The molecule has 0 aromatic rings. The highest BCUT2D eigenvalue weighted by Gasteiger charge is 2.70. The molecule has 27 heavy (non-hydrogen) atoms. The molecule has 3 fully saturated rings. The second kappa shape index (κ2) is 6.24. The molecule has 1 aliphatic heterocycles. The van der Waals surface area contributed by atoms with Crippen molar-refractivity contribution in [3.8, 4) is 6.07 Å². The number of likely N-dealkylation sites (tertiary alicyclic amines) is 1. The predicted octanol–water partition coefficient (Wildman–Crippen LogP) is 2.40. The molecule has 3 amide bonds. The molecule has 150 valence electrons. The summed E-state index contributed by atoms with van der Waals surface area (Å²) in [5.74, 6) is -6.75. The standard InChI is InChI=1S/C17H22F4N4O2/c1-14(18,19)8-11(12(26)24-16(10-22)2-3-16)23-13(27)25-6-4-15(5-7-25)9-17(15,20)21/h11H,2-9H2,1H3,(H,23,27)(H,24,26). The number of amides is 3. The van der Waals surface area contributed by atoms with Crippen LogP contribution in [0.4, 0.5) is 22.4 Å². The lowest BCUT2D eigenvalue weighted by molar-refractivity contribution is -0.126. The number of piperidine rings is 1. The Morgan fingerprint density at radius 3 is 2.19 bits per heavy atom. The first kappa shape index (κ1) is 19.7. The Morgan fingerprint density at radius 2 is 1.78 bits per heavy atom. The molecule has 3 rings (SSSR count). The lowest BCUT2D eigenvalue weighted by Gasteiger charge is -2.33. The lowest BCUT2D eigenvalue weighted by atomic mass is 9.93. The number of hydrogen-bond acceptors (Lipinski definition) is 3. The van der Waals surface area contributed by atoms with Crippen LogP contribution in [0.25, 0.3) is 0 Å². The molecular formula is C17H22F4N4O2. The monoisotopic (exact) mass is 390 g/mol. The third-order valence-corrected chi connectivity index (χ3v) is 5.72. The van der Waals surface area contributed by atoms with Crippen molar-refractivity contribution in [1.29, 1.82) is 5.26 Å². The van der Waals surface area contributed by atoms with Gasteiger partial charge in [0.15, 0.2) is 0 Å². The summed E-state index contributed by atoms with van der Waals surface area (Å²) in [4.78, 5) is 26.0. The number of nitrogens with zero attached hydrogens (tertiary/aromatic N) is 2. The Morgan fingerprint density at radius 1 is 1.22 bits per heavy atom. The van der Waals surface area contributed by atoms with Gasteiger partial charge in [-0.05, 0) is 32.6 Å². The summed E-state index contributed by atoms with van der Waals surface area (Å²) in [5.41, 5.74) is -2.08. The van der Waals surface area contributed by atoms with E-state index < -0.39 is 47.2 Å². The predicted molar refractivity (Wildman–Crippen MR) is 86.1 cm³/mol. The fourth-order valence-electron chi connectivity index (χ4n) is 3.58. The van der Waals surface area contributed by atoms with Crippen LogP contribution in [0.2, 0.25) is 0 Å². The van der Waals surface area contributed by atoms with Crippen LogP contribution in [0.15, 0.2) is 0 Å². The number of nitrogens with one attached hydrogen (secondary N) is 2. The van der Waals surface area contributed by atoms with Gasteiger partial charge in [-0.15, -0.1) is 0 Å². The van der Waals surface area contributed by atoms with Crippen molar-refractivity contribution in [2.45, 2.75) is 68.9 Å². The molecule has 6 nitrogen and oxygen atoms in total. The van der Waals surface area contributed by atoms with Crippen molar-refractivity contribution in [2.75, 3.05) is 13.1 Å². The van der Waals surface area contributed by atoms with Crippen LogP contribution in [-0.2, 0) is 4.79 Å². The third kappa shape index (κ3) is 4.12. The van der Waals surface area contributed by atoms with E-state index in [0.29, 0.717) is 19.8 Å². The average Bonchev–Trinajstić information content (AvgIpc) is 3.43. The van der Waals surface area contributed by atoms with Gasteiger partial charge < -0.3 is 15.5 Å². The molecule has 0 aromatic heterocycles. The number of alkyl halides is 4. The maximum absolute atomic E-state index is 13.5. The molecule has 2 N–H and O–H groups in total. The molecule has 3 aliphatic rings. The Labute approximate surface area is 154 Å². The zero-order valence-corrected chi connectivity index (χ0v) is 15.0. The molecule has 0 bridgehead atoms. The van der Waals surface area contributed by atoms with Gasteiger partial charge in [-0.3, -0.25) is 4.79 Å². The minimum Gasteiger partial charge on any atom is -0.336 e. The Balaban J connectivity index is 1.59. The van der Waals surface area contributed by atoms with Crippen molar-refractivity contribution in [3.63, 3.8) is 0 Å². The number of rotatable bonds is 5. The zero-order valence-electron chi connectivity index (χ0n) is 15.0. The summed E-state index contributed by atoms with van der Waals surface area (Å²) in [6, 6.07) is -0.321. The van der Waals surface area contributed by atoms with Crippen molar-refractivity contribution >= 4 is 11.9 Å². The summed E-state index contributed by atoms with van der Waals surface area (Å²) in [6.07, 6.45) is 0.0555. The Bertz CT molecular complexity index is 673. The molecule has 2 saturated carbocycles. The molecule has 10 heteroatoms. The van der Waals surface area contributed by atoms with Gasteiger partial charge in [-0.2, -0.15) is 5.26 Å². The molecule has 0 radical (unpaired) electrons. The maximum Gasteiger partial charge on any atom is 0.318 e. The first-order valence-corrected chi connectivity index (χ1v) is 8.95. The van der Waals surface area contributed by atoms with Crippen LogP contribution in [0.1, 0.15) is 45.4 Å². The maximum atomic E-state index is 13.5. The summed E-state index contributed by atoms with van der Waals surface area (Å²) in [6.45, 7) is 0.803. The minimum absolute atomic E-state index is 0.0837. The number of carbonyl (C=O) groups is 2. The third-order valence-electron chi connectivity index (χ3n) is 5.72. The van der Waals surface area contributed by atoms with E-state index in [4.69, 9.17) is 5.26 Å². The molecule has 1 saturated heterocycles. The van der Waals surface area contributed by atoms with Gasteiger partial charge in [-0.25, -0.2) is 22.4 Å². The summed E-state index contributed by atoms with van der Waals surface area (Å²) in [7, 11) is 0. The van der Waals surface area contributed by atoms with E-state index in [2.05, 4.69) is 10.6 Å². The summed E-state index contributed by atoms with van der Waals surface area (Å²) in [5, 5.41) is 13.7. The number of urea groups is 1. The number of carbonyl (C=O) groups excluding carboxylic acids is 2. The largest absolute Gasteiger partial charge is 0.336 e. The van der Waals surface area contributed by atoms with E-state index in [1.807, 2.05) is 6.07 Å². The molecule has 2 aliphatic carbocycles. The smallest absolute Gasteiger partial charge is 0.318 e. The van der Waals surface area contributed by atoms with E-state index in [9.17, 15) is 27.2 Å². The van der Waals surface area contributed by atoms with Crippen molar-refractivity contribution in [1.82, 2.24) is 15.5 Å². The number of nitriles is 1. The summed E-state index contributed by atoms with van der Waals surface area (Å²) >= 11 is 0. The zero-order chi connectivity index (χ0) is 20.1. The van der Waals surface area contributed by atoms with Crippen LogP contribution < -0.4 is 10.6 Å². The second-order valence-electron chi connectivity index (χ2n) is 8.11. The number of hydrogen-bond donors (Lipinski definition) is 2. The fourth-order valence-corrected chi connectivity index (χ4v) is 3.58. The van der Waals surface area contributed by atoms with E-state index in [1.165, 1.54) is 4.90 Å². The number of halogens is 4. The van der Waals surface area contributed by atoms with E-state index in [-0.39, 0.29) is 32.4 Å². The van der Waals surface area contributed by atoms with Crippen LogP contribution in [-0.4, -0.2) is 53.4 Å². The highest BCUT2D eigenvalue weighted by molar-refractivity contribution is 5.88. The lowest BCUT2D eigenvalue weighted by Crippen LogP contribution is -2.55. The van der Waals surface area contributed by atoms with Gasteiger partial charge in [0.25, 0.3) is 5.92 Å². The Kier molecular flexibility index (Phi) is 4.56. The van der Waals surface area contributed by atoms with Crippen LogP contribution in [0, 0.1) is 16.7 Å². The van der Waals surface area contributed by atoms with Crippen molar-refractivity contribution in [2.24, 2.45) is 5.41 Å². The van der Waals surface area contributed by atoms with Gasteiger partial charge >= 0.3 is 6.03 Å². The first-order valence-electron chi connectivity index (χ1n) is 8.95. The average molecular weight is 390 g/mol. The van der Waals surface area contributed by atoms with Gasteiger partial charge in [-0.1, -0.05) is 0 Å². The van der Waals surface area contributed by atoms with E-state index in [0.717, 1.165) is 0 Å². The highest BCUT2D eigenvalue weighted by atomic mass is 19.3. The second-order valence-corrected chi connectivity index (χ2v) is 8.11.